The van der Waals surface area contributed by atoms with Crippen LogP contribution in [0.3, 0.4) is 0 Å². The van der Waals surface area contributed by atoms with Gasteiger partial charge in [0, 0.05) is 5.56 Å². The van der Waals surface area contributed by atoms with E-state index in [4.69, 9.17) is 4.74 Å². The number of esters is 1. The Labute approximate surface area is 101 Å². The number of ether oxygens (including phenoxy) is 1. The van der Waals surface area contributed by atoms with Gasteiger partial charge in [-0.15, -0.1) is 0 Å². The van der Waals surface area contributed by atoms with Crippen molar-refractivity contribution in [3.05, 3.63) is 35.4 Å². The fourth-order valence-electron chi connectivity index (χ4n) is 2.24. The summed E-state index contributed by atoms with van der Waals surface area (Å²) in [5.74, 6) is -0.516. The number of fused-ring (bicyclic) bond motifs is 1. The van der Waals surface area contributed by atoms with E-state index in [1.807, 2.05) is 18.2 Å². The van der Waals surface area contributed by atoms with Gasteiger partial charge in [-0.2, -0.15) is 0 Å². The van der Waals surface area contributed by atoms with Crippen LogP contribution in [0.15, 0.2) is 24.3 Å². The first-order valence-electron chi connectivity index (χ1n) is 5.89. The fourth-order valence-corrected chi connectivity index (χ4v) is 2.24. The molecule has 0 radical (unpaired) electrons. The molecule has 90 valence electrons. The van der Waals surface area contributed by atoms with Crippen molar-refractivity contribution in [1.29, 1.82) is 0 Å². The van der Waals surface area contributed by atoms with Gasteiger partial charge in [-0.1, -0.05) is 24.3 Å². The summed E-state index contributed by atoms with van der Waals surface area (Å²) in [5, 5.41) is 0. The molecule has 1 aromatic carbocycles. The van der Waals surface area contributed by atoms with Crippen molar-refractivity contribution < 1.29 is 14.3 Å². The highest BCUT2D eigenvalue weighted by molar-refractivity contribution is 6.13. The molecule has 1 unspecified atom stereocenters. The van der Waals surface area contributed by atoms with Crippen LogP contribution >= 0.6 is 0 Å². The lowest BCUT2D eigenvalue weighted by Crippen LogP contribution is -2.41. The Morgan fingerprint density at radius 2 is 2.12 bits per heavy atom. The maximum atomic E-state index is 12.4. The molecule has 0 heterocycles. The van der Waals surface area contributed by atoms with E-state index < -0.39 is 11.4 Å². The van der Waals surface area contributed by atoms with Gasteiger partial charge in [-0.05, 0) is 32.3 Å². The molecule has 0 spiro atoms. The van der Waals surface area contributed by atoms with Crippen molar-refractivity contribution >= 4 is 11.8 Å². The summed E-state index contributed by atoms with van der Waals surface area (Å²) >= 11 is 0. The van der Waals surface area contributed by atoms with Gasteiger partial charge in [-0.3, -0.25) is 9.59 Å². The predicted molar refractivity (Wildman–Crippen MR) is 63.8 cm³/mol. The van der Waals surface area contributed by atoms with Crippen LogP contribution in [0.5, 0.6) is 0 Å². The highest BCUT2D eigenvalue weighted by Crippen LogP contribution is 2.36. The van der Waals surface area contributed by atoms with Gasteiger partial charge in [0.05, 0.1) is 6.61 Å². The molecule has 1 aliphatic carbocycles. The number of aryl methyl sites for hydroxylation is 1. The first kappa shape index (κ1) is 11.8. The molecule has 0 saturated carbocycles. The zero-order valence-electron chi connectivity index (χ0n) is 10.2. The summed E-state index contributed by atoms with van der Waals surface area (Å²) < 4.78 is 5.01. The standard InChI is InChI=1S/C14H16O3/c1-3-17-13(16)14(2)9-8-10-6-4-5-7-11(10)12(14)15/h4-7H,3,8-9H2,1-2H3. The minimum Gasteiger partial charge on any atom is -0.465 e. The summed E-state index contributed by atoms with van der Waals surface area (Å²) in [6.45, 7) is 3.75. The molecule has 3 heteroatoms. The Morgan fingerprint density at radius 3 is 2.82 bits per heavy atom. The molecular weight excluding hydrogens is 216 g/mol. The SMILES string of the molecule is CCOC(=O)C1(C)CCc2ccccc2C1=O. The molecule has 0 bridgehead atoms. The molecule has 1 atom stereocenters. The molecule has 2 rings (SSSR count). The minimum atomic E-state index is -1.01. The molecule has 0 saturated heterocycles. The number of Topliss-reactive ketones (excluding diaryl/α,β-unsaturated/α-hetero) is 1. The Morgan fingerprint density at radius 1 is 1.41 bits per heavy atom. The van der Waals surface area contributed by atoms with Gasteiger partial charge in [0.15, 0.2) is 5.78 Å². The van der Waals surface area contributed by atoms with E-state index >= 15 is 0 Å². The summed E-state index contributed by atoms with van der Waals surface area (Å²) in [6.07, 6.45) is 1.28. The third-order valence-corrected chi connectivity index (χ3v) is 3.38. The predicted octanol–water partition coefficient (Wildman–Crippen LogP) is 2.38. The zero-order valence-corrected chi connectivity index (χ0v) is 10.2. The largest absolute Gasteiger partial charge is 0.465 e. The van der Waals surface area contributed by atoms with E-state index in [0.29, 0.717) is 18.6 Å². The third-order valence-electron chi connectivity index (χ3n) is 3.38. The summed E-state index contributed by atoms with van der Waals surface area (Å²) in [4.78, 5) is 24.3. The summed E-state index contributed by atoms with van der Waals surface area (Å²) in [5.41, 5.74) is 0.679. The average Bonchev–Trinajstić information content (AvgIpc) is 2.35. The van der Waals surface area contributed by atoms with Gasteiger partial charge < -0.3 is 4.74 Å². The Hall–Kier alpha value is -1.64. The summed E-state index contributed by atoms with van der Waals surface area (Å²) in [6, 6.07) is 7.47. The Kier molecular flexibility index (Phi) is 3.01. The van der Waals surface area contributed by atoms with Crippen LogP contribution in [-0.4, -0.2) is 18.4 Å². The number of carbonyl (C=O) groups is 2. The van der Waals surface area contributed by atoms with Crippen molar-refractivity contribution in [1.82, 2.24) is 0 Å². The topological polar surface area (TPSA) is 43.4 Å². The van der Waals surface area contributed by atoms with Gasteiger partial charge in [0.25, 0.3) is 0 Å². The van der Waals surface area contributed by atoms with Crippen LogP contribution in [0.2, 0.25) is 0 Å². The van der Waals surface area contributed by atoms with Gasteiger partial charge in [0.2, 0.25) is 0 Å². The zero-order chi connectivity index (χ0) is 12.5. The van der Waals surface area contributed by atoms with E-state index in [1.54, 1.807) is 19.9 Å². The van der Waals surface area contributed by atoms with Crippen LogP contribution in [0.4, 0.5) is 0 Å². The van der Waals surface area contributed by atoms with E-state index in [0.717, 1.165) is 12.0 Å². The second-order valence-electron chi connectivity index (χ2n) is 4.54. The molecule has 17 heavy (non-hydrogen) atoms. The third kappa shape index (κ3) is 1.86. The molecule has 0 aromatic heterocycles. The Bertz CT molecular complexity index is 464. The first-order valence-corrected chi connectivity index (χ1v) is 5.89. The van der Waals surface area contributed by atoms with Crippen molar-refractivity contribution in [2.24, 2.45) is 5.41 Å². The van der Waals surface area contributed by atoms with E-state index in [2.05, 4.69) is 0 Å². The summed E-state index contributed by atoms with van der Waals surface area (Å²) in [7, 11) is 0. The minimum absolute atomic E-state index is 0.113. The van der Waals surface area contributed by atoms with E-state index in [9.17, 15) is 9.59 Å². The number of hydrogen-bond donors (Lipinski definition) is 0. The Balaban J connectivity index is 2.37. The van der Waals surface area contributed by atoms with Crippen molar-refractivity contribution in [2.75, 3.05) is 6.61 Å². The maximum Gasteiger partial charge on any atom is 0.319 e. The van der Waals surface area contributed by atoms with Crippen molar-refractivity contribution in [3.63, 3.8) is 0 Å². The second-order valence-corrected chi connectivity index (χ2v) is 4.54. The average molecular weight is 232 g/mol. The van der Waals surface area contributed by atoms with Crippen LogP contribution in [-0.2, 0) is 16.0 Å². The van der Waals surface area contributed by atoms with Gasteiger partial charge in [0.1, 0.15) is 5.41 Å². The molecular formula is C14H16O3. The maximum absolute atomic E-state index is 12.4. The number of hydrogen-bond acceptors (Lipinski definition) is 3. The normalized spacial score (nSPS) is 23.1. The fraction of sp³-hybridized carbons (Fsp3) is 0.429. The van der Waals surface area contributed by atoms with E-state index in [1.165, 1.54) is 0 Å². The van der Waals surface area contributed by atoms with Crippen LogP contribution in [0, 0.1) is 5.41 Å². The molecule has 3 nitrogen and oxygen atoms in total. The molecule has 0 aliphatic heterocycles. The quantitative estimate of drug-likeness (QED) is 0.581. The van der Waals surface area contributed by atoms with Gasteiger partial charge in [-0.25, -0.2) is 0 Å². The van der Waals surface area contributed by atoms with Crippen LogP contribution in [0.1, 0.15) is 36.2 Å². The monoisotopic (exact) mass is 232 g/mol. The number of carbonyl (C=O) groups excluding carboxylic acids is 2. The molecule has 0 amide bonds. The first-order chi connectivity index (χ1) is 8.09. The highest BCUT2D eigenvalue weighted by Gasteiger charge is 2.45. The van der Waals surface area contributed by atoms with Gasteiger partial charge >= 0.3 is 5.97 Å². The smallest absolute Gasteiger partial charge is 0.319 e. The highest BCUT2D eigenvalue weighted by atomic mass is 16.5. The molecule has 1 aliphatic rings. The van der Waals surface area contributed by atoms with Crippen LogP contribution < -0.4 is 0 Å². The van der Waals surface area contributed by atoms with Crippen LogP contribution in [0.25, 0.3) is 0 Å². The lowest BCUT2D eigenvalue weighted by atomic mass is 9.72. The lowest BCUT2D eigenvalue weighted by Gasteiger charge is -2.30. The second kappa shape index (κ2) is 4.32. The van der Waals surface area contributed by atoms with Crippen molar-refractivity contribution in [3.8, 4) is 0 Å². The number of ketones is 1. The molecule has 1 aromatic rings. The number of rotatable bonds is 2. The lowest BCUT2D eigenvalue weighted by molar-refractivity contribution is -0.151. The molecule has 0 N–H and O–H groups in total. The number of benzene rings is 1. The van der Waals surface area contributed by atoms with Crippen molar-refractivity contribution in [2.45, 2.75) is 26.7 Å². The molecule has 0 fully saturated rings. The van der Waals surface area contributed by atoms with E-state index in [-0.39, 0.29) is 5.78 Å².